The molecule has 0 heterocycles. The zero-order chi connectivity index (χ0) is 9.03. The molecule has 0 aliphatic carbocycles. The van der Waals surface area contributed by atoms with Crippen LogP contribution in [-0.2, 0) is 5.54 Å². The van der Waals surface area contributed by atoms with E-state index in [-0.39, 0.29) is 5.54 Å². The maximum atomic E-state index is 6.20. The van der Waals surface area contributed by atoms with E-state index in [0.29, 0.717) is 0 Å². The largest absolute Gasteiger partial charge is 0.321 e. The quantitative estimate of drug-likeness (QED) is 0.726. The van der Waals surface area contributed by atoms with Crippen molar-refractivity contribution in [1.29, 1.82) is 0 Å². The predicted molar refractivity (Wildman–Crippen MR) is 51.7 cm³/mol. The molecule has 12 heavy (non-hydrogen) atoms. The summed E-state index contributed by atoms with van der Waals surface area (Å²) in [6.45, 7) is 4.25. The van der Waals surface area contributed by atoms with E-state index in [0.717, 1.165) is 12.8 Å². The van der Waals surface area contributed by atoms with Crippen LogP contribution in [0, 0.1) is 6.07 Å². The van der Waals surface area contributed by atoms with Crippen LogP contribution < -0.4 is 5.73 Å². The highest BCUT2D eigenvalue weighted by molar-refractivity contribution is 5.22. The number of rotatable bonds is 3. The fourth-order valence-corrected chi connectivity index (χ4v) is 1.38. The SMILES string of the molecule is CCC(N)(CC)c1cc[c]cc1. The van der Waals surface area contributed by atoms with E-state index >= 15 is 0 Å². The molecular formula is C11H16N. The summed E-state index contributed by atoms with van der Waals surface area (Å²) in [5, 5.41) is 0. The highest BCUT2D eigenvalue weighted by atomic mass is 14.7. The molecule has 1 heteroatoms. The van der Waals surface area contributed by atoms with Crippen LogP contribution >= 0.6 is 0 Å². The molecule has 1 aromatic carbocycles. The van der Waals surface area contributed by atoms with Crippen molar-refractivity contribution in [2.75, 3.05) is 0 Å². The molecule has 1 nitrogen and oxygen atoms in total. The van der Waals surface area contributed by atoms with Crippen LogP contribution in [-0.4, -0.2) is 0 Å². The molecule has 0 aliphatic rings. The molecule has 0 atom stereocenters. The average molecular weight is 162 g/mol. The van der Waals surface area contributed by atoms with Crippen LogP contribution in [0.4, 0.5) is 0 Å². The second-order valence-corrected chi connectivity index (χ2v) is 3.15. The second kappa shape index (κ2) is 3.72. The molecule has 1 radical (unpaired) electrons. The van der Waals surface area contributed by atoms with Crippen LogP contribution in [0.15, 0.2) is 24.3 Å². The Bertz CT molecular complexity index is 224. The van der Waals surface area contributed by atoms with Gasteiger partial charge < -0.3 is 5.73 Å². The monoisotopic (exact) mass is 162 g/mol. The minimum Gasteiger partial charge on any atom is -0.321 e. The third kappa shape index (κ3) is 1.67. The average Bonchev–Trinajstić information content (AvgIpc) is 2.18. The normalized spacial score (nSPS) is 11.6. The molecule has 0 aliphatic heterocycles. The minimum atomic E-state index is -0.144. The molecule has 0 aromatic heterocycles. The fraction of sp³-hybridized carbons (Fsp3) is 0.455. The molecule has 2 N–H and O–H groups in total. The Kier molecular flexibility index (Phi) is 2.88. The summed E-state index contributed by atoms with van der Waals surface area (Å²) in [4.78, 5) is 0. The van der Waals surface area contributed by atoms with E-state index in [1.807, 2.05) is 24.3 Å². The molecule has 0 saturated carbocycles. The number of nitrogens with two attached hydrogens (primary N) is 1. The van der Waals surface area contributed by atoms with E-state index in [1.54, 1.807) is 0 Å². The topological polar surface area (TPSA) is 26.0 Å². The summed E-state index contributed by atoms with van der Waals surface area (Å²) in [6.07, 6.45) is 1.96. The summed E-state index contributed by atoms with van der Waals surface area (Å²) in [5.41, 5.74) is 7.27. The van der Waals surface area contributed by atoms with Gasteiger partial charge in [-0.25, -0.2) is 0 Å². The standard InChI is InChI=1S/C11H16N/c1-3-11(12,4-2)10-8-6-5-7-9-10/h6-9H,3-4,12H2,1-2H3. The van der Waals surface area contributed by atoms with Gasteiger partial charge in [-0.05, 0) is 24.5 Å². The Labute approximate surface area is 74.6 Å². The molecule has 0 fully saturated rings. The van der Waals surface area contributed by atoms with Crippen molar-refractivity contribution in [2.24, 2.45) is 5.73 Å². The molecular weight excluding hydrogens is 146 g/mol. The van der Waals surface area contributed by atoms with Gasteiger partial charge in [-0.15, -0.1) is 0 Å². The first-order chi connectivity index (χ1) is 5.73. The van der Waals surface area contributed by atoms with Crippen LogP contribution in [0.5, 0.6) is 0 Å². The molecule has 0 saturated heterocycles. The van der Waals surface area contributed by atoms with Crippen LogP contribution in [0.2, 0.25) is 0 Å². The zero-order valence-corrected chi connectivity index (χ0v) is 7.80. The summed E-state index contributed by atoms with van der Waals surface area (Å²) in [7, 11) is 0. The van der Waals surface area contributed by atoms with E-state index in [1.165, 1.54) is 5.56 Å². The van der Waals surface area contributed by atoms with E-state index in [2.05, 4.69) is 19.9 Å². The first-order valence-corrected chi connectivity index (χ1v) is 4.48. The Hall–Kier alpha value is -0.820. The van der Waals surface area contributed by atoms with Gasteiger partial charge in [0, 0.05) is 5.54 Å². The predicted octanol–water partition coefficient (Wildman–Crippen LogP) is 2.46. The zero-order valence-electron chi connectivity index (χ0n) is 7.80. The van der Waals surface area contributed by atoms with Crippen LogP contribution in [0.25, 0.3) is 0 Å². The minimum absolute atomic E-state index is 0.144. The van der Waals surface area contributed by atoms with Crippen LogP contribution in [0.3, 0.4) is 0 Å². The van der Waals surface area contributed by atoms with Gasteiger partial charge in [-0.2, -0.15) is 0 Å². The van der Waals surface area contributed by atoms with Gasteiger partial charge in [0.05, 0.1) is 0 Å². The highest BCUT2D eigenvalue weighted by Gasteiger charge is 2.21. The lowest BCUT2D eigenvalue weighted by Gasteiger charge is -2.26. The van der Waals surface area contributed by atoms with Crippen molar-refractivity contribution >= 4 is 0 Å². The van der Waals surface area contributed by atoms with Crippen LogP contribution in [0.1, 0.15) is 32.3 Å². The highest BCUT2D eigenvalue weighted by Crippen LogP contribution is 2.24. The Morgan fingerprint density at radius 1 is 1.25 bits per heavy atom. The molecule has 0 amide bonds. The lowest BCUT2D eigenvalue weighted by atomic mass is 9.86. The van der Waals surface area contributed by atoms with E-state index in [9.17, 15) is 0 Å². The molecule has 0 bridgehead atoms. The van der Waals surface area contributed by atoms with Crippen molar-refractivity contribution < 1.29 is 0 Å². The third-order valence-electron chi connectivity index (χ3n) is 2.55. The summed E-state index contributed by atoms with van der Waals surface area (Å²) in [6, 6.07) is 10.9. The number of benzene rings is 1. The molecule has 1 aromatic rings. The molecule has 0 spiro atoms. The Balaban J connectivity index is 2.95. The molecule has 0 unspecified atom stereocenters. The summed E-state index contributed by atoms with van der Waals surface area (Å²) in [5.74, 6) is 0. The van der Waals surface area contributed by atoms with Gasteiger partial charge in [-0.1, -0.05) is 38.1 Å². The van der Waals surface area contributed by atoms with Crippen molar-refractivity contribution in [2.45, 2.75) is 32.2 Å². The Morgan fingerprint density at radius 2 is 1.75 bits per heavy atom. The molecule has 65 valence electrons. The van der Waals surface area contributed by atoms with E-state index < -0.39 is 0 Å². The maximum absolute atomic E-state index is 6.20. The third-order valence-corrected chi connectivity index (χ3v) is 2.55. The summed E-state index contributed by atoms with van der Waals surface area (Å²) >= 11 is 0. The van der Waals surface area contributed by atoms with Gasteiger partial charge in [0.15, 0.2) is 0 Å². The van der Waals surface area contributed by atoms with Gasteiger partial charge in [0.2, 0.25) is 0 Å². The van der Waals surface area contributed by atoms with Gasteiger partial charge >= 0.3 is 0 Å². The second-order valence-electron chi connectivity index (χ2n) is 3.15. The molecule has 1 rings (SSSR count). The maximum Gasteiger partial charge on any atom is 0.0404 e. The van der Waals surface area contributed by atoms with Crippen molar-refractivity contribution in [1.82, 2.24) is 0 Å². The van der Waals surface area contributed by atoms with E-state index in [4.69, 9.17) is 5.73 Å². The lowest BCUT2D eigenvalue weighted by molar-refractivity contribution is 0.413. The van der Waals surface area contributed by atoms with Crippen molar-refractivity contribution in [3.63, 3.8) is 0 Å². The van der Waals surface area contributed by atoms with Gasteiger partial charge in [0.25, 0.3) is 0 Å². The van der Waals surface area contributed by atoms with Gasteiger partial charge in [-0.3, -0.25) is 0 Å². The van der Waals surface area contributed by atoms with Crippen molar-refractivity contribution in [3.05, 3.63) is 35.9 Å². The van der Waals surface area contributed by atoms with Gasteiger partial charge in [0.1, 0.15) is 0 Å². The number of hydrogen-bond donors (Lipinski definition) is 1. The Morgan fingerprint density at radius 3 is 2.17 bits per heavy atom. The smallest absolute Gasteiger partial charge is 0.0404 e. The van der Waals surface area contributed by atoms with Crippen molar-refractivity contribution in [3.8, 4) is 0 Å². The fourth-order valence-electron chi connectivity index (χ4n) is 1.38. The summed E-state index contributed by atoms with van der Waals surface area (Å²) < 4.78 is 0. The first kappa shape index (κ1) is 9.27. The lowest BCUT2D eigenvalue weighted by Crippen LogP contribution is -2.34. The number of hydrogen-bond acceptors (Lipinski definition) is 1. The first-order valence-electron chi connectivity index (χ1n) is 4.48.